The molecule has 52 valence electrons. The van der Waals surface area contributed by atoms with Crippen LogP contribution in [0.4, 0.5) is 4.79 Å². The molecule has 9 heavy (non-hydrogen) atoms. The van der Waals surface area contributed by atoms with Crippen LogP contribution < -0.4 is 4.72 Å². The Morgan fingerprint density at radius 1 is 2.00 bits per heavy atom. The quantitative estimate of drug-likeness (QED) is 0.532. The molecule has 1 N–H and O–H groups in total. The van der Waals surface area contributed by atoms with Crippen molar-refractivity contribution in [2.24, 2.45) is 0 Å². The Morgan fingerprint density at radius 2 is 2.67 bits per heavy atom. The first kappa shape index (κ1) is 9.14. The third kappa shape index (κ3) is 6.02. The Labute approximate surface area is 64.3 Å². The molecule has 0 aliphatic carbocycles. The van der Waals surface area contributed by atoms with E-state index in [0.29, 0.717) is 6.61 Å². The van der Waals surface area contributed by atoms with Crippen LogP contribution >= 0.6 is 18.1 Å². The SMILES string of the molecule is CCOC(=O)NS[PH+]=S. The fourth-order valence-corrected chi connectivity index (χ4v) is 1.16. The van der Waals surface area contributed by atoms with E-state index >= 15 is 0 Å². The molecule has 0 heterocycles. The molecule has 0 aromatic heterocycles. The lowest BCUT2D eigenvalue weighted by Crippen LogP contribution is -2.15. The van der Waals surface area contributed by atoms with E-state index in [2.05, 4.69) is 21.3 Å². The maximum absolute atomic E-state index is 10.4. The number of carbonyl (C=O) groups excluding carboxylic acids is 1. The minimum Gasteiger partial charge on any atom is -0.449 e. The molecule has 0 spiro atoms. The smallest absolute Gasteiger partial charge is 0.420 e. The van der Waals surface area contributed by atoms with Crippen LogP contribution in [0.1, 0.15) is 6.92 Å². The van der Waals surface area contributed by atoms with Crippen LogP contribution in [0.15, 0.2) is 0 Å². The van der Waals surface area contributed by atoms with Crippen LogP contribution in [0.3, 0.4) is 0 Å². The molecule has 6 heteroatoms. The first-order valence-electron chi connectivity index (χ1n) is 2.27. The predicted molar refractivity (Wildman–Crippen MR) is 43.4 cm³/mol. The third-order valence-corrected chi connectivity index (χ3v) is 2.11. The summed E-state index contributed by atoms with van der Waals surface area (Å²) < 4.78 is 6.93. The lowest BCUT2D eigenvalue weighted by atomic mass is 10.9. The van der Waals surface area contributed by atoms with Crippen molar-refractivity contribution in [2.45, 2.75) is 6.92 Å². The first-order valence-corrected chi connectivity index (χ1v) is 5.94. The zero-order valence-corrected chi connectivity index (χ0v) is 7.47. The number of nitrogens with one attached hydrogen (secondary N) is 1. The average Bonchev–Trinajstić information content (AvgIpc) is 1.85. The molecule has 0 aliphatic heterocycles. The van der Waals surface area contributed by atoms with Gasteiger partial charge in [-0.1, -0.05) is 0 Å². The van der Waals surface area contributed by atoms with Gasteiger partial charge in [0.1, 0.15) is 0 Å². The Hall–Kier alpha value is 0.140. The highest BCUT2D eigenvalue weighted by molar-refractivity contribution is 8.57. The summed E-state index contributed by atoms with van der Waals surface area (Å²) in [5.41, 5.74) is 0. The van der Waals surface area contributed by atoms with Crippen molar-refractivity contribution in [3.63, 3.8) is 0 Å². The summed E-state index contributed by atoms with van der Waals surface area (Å²) >= 11 is 5.75. The van der Waals surface area contributed by atoms with Crippen molar-refractivity contribution in [2.75, 3.05) is 6.61 Å². The second kappa shape index (κ2) is 6.26. The van der Waals surface area contributed by atoms with Crippen LogP contribution in [0, 0.1) is 0 Å². The van der Waals surface area contributed by atoms with Gasteiger partial charge in [-0.2, -0.15) is 0 Å². The summed E-state index contributed by atoms with van der Waals surface area (Å²) in [4.78, 5) is 10.4. The van der Waals surface area contributed by atoms with Gasteiger partial charge in [0.2, 0.25) is 11.6 Å². The number of rotatable bonds is 3. The summed E-state index contributed by atoms with van der Waals surface area (Å²) in [6, 6.07) is 0. The minimum absolute atomic E-state index is 0.243. The maximum atomic E-state index is 10.4. The fraction of sp³-hybridized carbons (Fsp3) is 0.667. The van der Waals surface area contributed by atoms with Crippen LogP contribution in [-0.4, -0.2) is 12.7 Å². The minimum atomic E-state index is -0.417. The molecule has 1 amide bonds. The van der Waals surface area contributed by atoms with Gasteiger partial charge in [-0.05, 0) is 6.92 Å². The summed E-state index contributed by atoms with van der Waals surface area (Å²) in [6.07, 6.45) is -0.417. The largest absolute Gasteiger partial charge is 0.449 e. The molecular formula is C3H7NO2PS2+. The van der Waals surface area contributed by atoms with E-state index in [4.69, 9.17) is 0 Å². The number of ether oxygens (including phenoxy) is 1. The van der Waals surface area contributed by atoms with E-state index in [1.165, 1.54) is 11.6 Å². The van der Waals surface area contributed by atoms with E-state index in [9.17, 15) is 4.79 Å². The Morgan fingerprint density at radius 3 is 3.11 bits per heavy atom. The molecule has 0 saturated heterocycles. The maximum Gasteiger partial charge on any atom is 0.420 e. The van der Waals surface area contributed by atoms with Gasteiger partial charge >= 0.3 is 6.09 Å². The van der Waals surface area contributed by atoms with Crippen molar-refractivity contribution in [3.05, 3.63) is 0 Å². The van der Waals surface area contributed by atoms with Gasteiger partial charge < -0.3 is 4.74 Å². The average molecular weight is 184 g/mol. The van der Waals surface area contributed by atoms with Crippen LogP contribution in [-0.2, 0) is 16.5 Å². The lowest BCUT2D eigenvalue weighted by molar-refractivity contribution is 0.159. The van der Waals surface area contributed by atoms with E-state index in [1.807, 2.05) is 0 Å². The summed E-state index contributed by atoms with van der Waals surface area (Å²) in [6.45, 7) is 2.39. The molecule has 1 atom stereocenters. The Kier molecular flexibility index (Phi) is 6.36. The lowest BCUT2D eigenvalue weighted by Gasteiger charge is -1.95. The van der Waals surface area contributed by atoms with Gasteiger partial charge in [-0.15, -0.1) is 0 Å². The van der Waals surface area contributed by atoms with Gasteiger partial charge in [-0.25, -0.2) is 9.52 Å². The highest BCUT2D eigenvalue weighted by atomic mass is 32.9. The molecular weight excluding hydrogens is 177 g/mol. The Balaban J connectivity index is 3.16. The molecule has 0 aromatic rings. The fourth-order valence-electron chi connectivity index (χ4n) is 0.223. The topological polar surface area (TPSA) is 38.3 Å². The number of hydrogen-bond acceptors (Lipinski definition) is 4. The van der Waals surface area contributed by atoms with Gasteiger partial charge in [-0.3, -0.25) is 0 Å². The second-order valence-electron chi connectivity index (χ2n) is 1.01. The Bertz CT molecular complexity index is 110. The van der Waals surface area contributed by atoms with E-state index in [-0.39, 0.29) is 6.56 Å². The highest BCUT2D eigenvalue weighted by Gasteiger charge is 2.00. The number of amides is 1. The predicted octanol–water partition coefficient (Wildman–Crippen LogP) is 1.44. The summed E-state index contributed by atoms with van der Waals surface area (Å²) in [5.74, 6) is 0. The van der Waals surface area contributed by atoms with Crippen molar-refractivity contribution >= 4 is 36.0 Å². The normalized spacial score (nSPS) is 9.00. The molecule has 3 nitrogen and oxygen atoms in total. The molecule has 0 bridgehead atoms. The zero-order chi connectivity index (χ0) is 7.11. The standard InChI is InChI=1S/C3H6NO2PS2/c1-2-6-3(5)4-9-7-8/h2H2,1H3,(H,4,5)/p+1. The molecule has 0 aromatic carbocycles. The molecule has 0 radical (unpaired) electrons. The molecule has 1 unspecified atom stereocenters. The van der Waals surface area contributed by atoms with Crippen molar-refractivity contribution in [1.82, 2.24) is 4.72 Å². The third-order valence-electron chi connectivity index (χ3n) is 0.451. The van der Waals surface area contributed by atoms with E-state index in [1.54, 1.807) is 6.92 Å². The van der Waals surface area contributed by atoms with E-state index in [0.717, 1.165) is 0 Å². The first-order chi connectivity index (χ1) is 4.31. The van der Waals surface area contributed by atoms with Gasteiger partial charge in [0, 0.05) is 0 Å². The zero-order valence-electron chi connectivity index (χ0n) is 4.84. The van der Waals surface area contributed by atoms with Crippen molar-refractivity contribution in [3.8, 4) is 0 Å². The molecule has 0 rings (SSSR count). The van der Waals surface area contributed by atoms with Crippen molar-refractivity contribution in [1.29, 1.82) is 0 Å². The van der Waals surface area contributed by atoms with Crippen LogP contribution in [0.25, 0.3) is 0 Å². The highest BCUT2D eigenvalue weighted by Crippen LogP contribution is 2.11. The van der Waals surface area contributed by atoms with Gasteiger partial charge in [0.15, 0.2) is 11.8 Å². The molecule has 0 aliphatic rings. The molecule has 0 fully saturated rings. The monoisotopic (exact) mass is 184 g/mol. The number of hydrogen-bond donors (Lipinski definition) is 1. The van der Waals surface area contributed by atoms with Crippen LogP contribution in [0.2, 0.25) is 0 Å². The van der Waals surface area contributed by atoms with Crippen LogP contribution in [0.5, 0.6) is 0 Å². The van der Waals surface area contributed by atoms with Gasteiger partial charge in [0.25, 0.3) is 6.56 Å². The summed E-state index contributed by atoms with van der Waals surface area (Å²) in [5, 5.41) is 0. The summed E-state index contributed by atoms with van der Waals surface area (Å²) in [7, 11) is 0. The molecule has 0 saturated carbocycles. The second-order valence-corrected chi connectivity index (χ2v) is 4.20. The van der Waals surface area contributed by atoms with Gasteiger partial charge in [0.05, 0.1) is 6.61 Å². The number of carbonyl (C=O) groups is 1. The van der Waals surface area contributed by atoms with Crippen molar-refractivity contribution < 1.29 is 9.53 Å². The van der Waals surface area contributed by atoms with E-state index < -0.39 is 6.09 Å².